The van der Waals surface area contributed by atoms with Crippen molar-refractivity contribution in [3.05, 3.63) is 59.2 Å². The Balaban J connectivity index is 1.87. The SMILES string of the molecule is CCOc1ccccc1C(=O)OCC(=O)NC(=O)Nc1ccc(C)cc1C. The van der Waals surface area contributed by atoms with Gasteiger partial charge in [-0.15, -0.1) is 0 Å². The van der Waals surface area contributed by atoms with E-state index >= 15 is 0 Å². The standard InChI is InChI=1S/C20H22N2O5/c1-4-26-17-8-6-5-7-15(17)19(24)27-12-18(23)22-20(25)21-16-10-9-13(2)11-14(16)3/h5-11H,4,12H2,1-3H3,(H2,21,22,23,25). The largest absolute Gasteiger partial charge is 0.493 e. The highest BCUT2D eigenvalue weighted by molar-refractivity contribution is 6.02. The van der Waals surface area contributed by atoms with E-state index in [1.165, 1.54) is 6.07 Å². The van der Waals surface area contributed by atoms with Gasteiger partial charge in [-0.1, -0.05) is 29.8 Å². The van der Waals surface area contributed by atoms with Crippen LogP contribution in [0.5, 0.6) is 5.75 Å². The molecule has 3 amide bonds. The van der Waals surface area contributed by atoms with Crippen LogP contribution >= 0.6 is 0 Å². The molecule has 0 atom stereocenters. The molecule has 0 saturated heterocycles. The molecule has 0 heterocycles. The molecule has 0 radical (unpaired) electrons. The number of hydrogen-bond donors (Lipinski definition) is 2. The van der Waals surface area contributed by atoms with Gasteiger partial charge in [-0.25, -0.2) is 9.59 Å². The fourth-order valence-corrected chi connectivity index (χ4v) is 2.40. The number of aryl methyl sites for hydroxylation is 2. The number of carbonyl (C=O) groups is 3. The molecule has 0 spiro atoms. The van der Waals surface area contributed by atoms with Crippen molar-refractivity contribution in [3.8, 4) is 5.75 Å². The van der Waals surface area contributed by atoms with Crippen LogP contribution in [0.25, 0.3) is 0 Å². The van der Waals surface area contributed by atoms with Crippen LogP contribution in [0.3, 0.4) is 0 Å². The summed E-state index contributed by atoms with van der Waals surface area (Å²) in [5.74, 6) is -1.07. The number of hydrogen-bond acceptors (Lipinski definition) is 5. The fraction of sp³-hybridized carbons (Fsp3) is 0.250. The maximum Gasteiger partial charge on any atom is 0.342 e. The Morgan fingerprint density at radius 1 is 1.04 bits per heavy atom. The van der Waals surface area contributed by atoms with Gasteiger partial charge in [0.1, 0.15) is 11.3 Å². The Kier molecular flexibility index (Phi) is 6.93. The lowest BCUT2D eigenvalue weighted by molar-refractivity contribution is -0.123. The zero-order chi connectivity index (χ0) is 19.8. The van der Waals surface area contributed by atoms with E-state index < -0.39 is 24.5 Å². The van der Waals surface area contributed by atoms with Gasteiger partial charge < -0.3 is 14.8 Å². The maximum atomic E-state index is 12.1. The highest BCUT2D eigenvalue weighted by atomic mass is 16.5. The van der Waals surface area contributed by atoms with Crippen molar-refractivity contribution in [2.75, 3.05) is 18.5 Å². The summed E-state index contributed by atoms with van der Waals surface area (Å²) in [4.78, 5) is 35.9. The molecule has 0 aliphatic carbocycles. The van der Waals surface area contributed by atoms with E-state index in [1.54, 1.807) is 31.2 Å². The fourth-order valence-electron chi connectivity index (χ4n) is 2.40. The predicted molar refractivity (Wildman–Crippen MR) is 101 cm³/mol. The minimum Gasteiger partial charge on any atom is -0.493 e. The molecule has 0 aromatic heterocycles. The van der Waals surface area contributed by atoms with Crippen molar-refractivity contribution in [3.63, 3.8) is 0 Å². The minimum absolute atomic E-state index is 0.215. The van der Waals surface area contributed by atoms with Crippen molar-refractivity contribution in [1.82, 2.24) is 5.32 Å². The van der Waals surface area contributed by atoms with Crippen molar-refractivity contribution in [1.29, 1.82) is 0 Å². The number of benzene rings is 2. The van der Waals surface area contributed by atoms with Gasteiger partial charge in [-0.2, -0.15) is 0 Å². The first-order valence-corrected chi connectivity index (χ1v) is 8.47. The Labute approximate surface area is 157 Å². The number of carbonyl (C=O) groups excluding carboxylic acids is 3. The van der Waals surface area contributed by atoms with Crippen molar-refractivity contribution < 1.29 is 23.9 Å². The second kappa shape index (κ2) is 9.38. The van der Waals surface area contributed by atoms with Crippen LogP contribution in [-0.2, 0) is 9.53 Å². The average molecular weight is 370 g/mol. The van der Waals surface area contributed by atoms with Gasteiger partial charge in [0.05, 0.1) is 6.61 Å². The number of esters is 1. The first-order valence-electron chi connectivity index (χ1n) is 8.47. The van der Waals surface area contributed by atoms with Crippen molar-refractivity contribution in [2.45, 2.75) is 20.8 Å². The van der Waals surface area contributed by atoms with Crippen LogP contribution in [0.1, 0.15) is 28.4 Å². The third kappa shape index (κ3) is 5.85. The molecule has 2 N–H and O–H groups in total. The van der Waals surface area contributed by atoms with Gasteiger partial charge in [0, 0.05) is 5.69 Å². The smallest absolute Gasteiger partial charge is 0.342 e. The third-order valence-electron chi connectivity index (χ3n) is 3.62. The Bertz CT molecular complexity index is 848. The van der Waals surface area contributed by atoms with Crippen LogP contribution < -0.4 is 15.4 Å². The Hall–Kier alpha value is -3.35. The monoisotopic (exact) mass is 370 g/mol. The molecular formula is C20H22N2O5. The zero-order valence-corrected chi connectivity index (χ0v) is 15.5. The molecule has 7 heteroatoms. The number of anilines is 1. The van der Waals surface area contributed by atoms with E-state index in [1.807, 2.05) is 26.0 Å². The summed E-state index contributed by atoms with van der Waals surface area (Å²) < 4.78 is 10.3. The topological polar surface area (TPSA) is 93.7 Å². The number of amides is 3. The van der Waals surface area contributed by atoms with E-state index in [-0.39, 0.29) is 5.56 Å². The number of para-hydroxylation sites is 1. The van der Waals surface area contributed by atoms with Crippen LogP contribution in [0, 0.1) is 13.8 Å². The van der Waals surface area contributed by atoms with Gasteiger partial charge in [-0.3, -0.25) is 10.1 Å². The summed E-state index contributed by atoms with van der Waals surface area (Å²) in [5, 5.41) is 4.70. The molecule has 2 aromatic rings. The van der Waals surface area contributed by atoms with Gasteiger partial charge in [-0.05, 0) is 44.5 Å². The van der Waals surface area contributed by atoms with Crippen LogP contribution in [-0.4, -0.2) is 31.1 Å². The molecule has 2 rings (SSSR count). The quantitative estimate of drug-likeness (QED) is 0.762. The van der Waals surface area contributed by atoms with Gasteiger partial charge >= 0.3 is 12.0 Å². The predicted octanol–water partition coefficient (Wildman–Crippen LogP) is 3.21. The van der Waals surface area contributed by atoms with Crippen molar-refractivity contribution in [2.24, 2.45) is 0 Å². The van der Waals surface area contributed by atoms with Crippen LogP contribution in [0.2, 0.25) is 0 Å². The molecular weight excluding hydrogens is 348 g/mol. The number of imide groups is 1. The lowest BCUT2D eigenvalue weighted by atomic mass is 10.1. The van der Waals surface area contributed by atoms with Gasteiger partial charge in [0.2, 0.25) is 0 Å². The second-order valence-electron chi connectivity index (χ2n) is 5.83. The van der Waals surface area contributed by atoms with E-state index in [9.17, 15) is 14.4 Å². The summed E-state index contributed by atoms with van der Waals surface area (Å²) in [6.45, 7) is 5.40. The maximum absolute atomic E-state index is 12.1. The molecule has 142 valence electrons. The first-order chi connectivity index (χ1) is 12.9. The van der Waals surface area contributed by atoms with Gasteiger partial charge in [0.25, 0.3) is 5.91 Å². The lowest BCUT2D eigenvalue weighted by Crippen LogP contribution is -2.37. The number of urea groups is 1. The molecule has 0 fully saturated rings. The summed E-state index contributed by atoms with van der Waals surface area (Å²) in [6.07, 6.45) is 0. The van der Waals surface area contributed by atoms with Crippen LogP contribution in [0.4, 0.5) is 10.5 Å². The molecule has 0 aliphatic heterocycles. The molecule has 0 bridgehead atoms. The normalized spacial score (nSPS) is 10.0. The second-order valence-corrected chi connectivity index (χ2v) is 5.83. The molecule has 0 saturated carbocycles. The average Bonchev–Trinajstić information content (AvgIpc) is 2.63. The van der Waals surface area contributed by atoms with E-state index in [2.05, 4.69) is 10.6 Å². The van der Waals surface area contributed by atoms with Gasteiger partial charge in [0.15, 0.2) is 6.61 Å². The summed E-state index contributed by atoms with van der Waals surface area (Å²) in [7, 11) is 0. The van der Waals surface area contributed by atoms with Crippen molar-refractivity contribution >= 4 is 23.6 Å². The van der Waals surface area contributed by atoms with Crippen LogP contribution in [0.15, 0.2) is 42.5 Å². The van der Waals surface area contributed by atoms with E-state index in [0.29, 0.717) is 18.0 Å². The minimum atomic E-state index is -0.737. The summed E-state index contributed by atoms with van der Waals surface area (Å²) in [5.41, 5.74) is 2.74. The Morgan fingerprint density at radius 2 is 1.78 bits per heavy atom. The number of nitrogens with one attached hydrogen (secondary N) is 2. The van der Waals surface area contributed by atoms with E-state index in [0.717, 1.165) is 11.1 Å². The molecule has 0 aliphatic rings. The zero-order valence-electron chi connectivity index (χ0n) is 15.5. The van der Waals surface area contributed by atoms with E-state index in [4.69, 9.17) is 9.47 Å². The molecule has 2 aromatic carbocycles. The molecule has 27 heavy (non-hydrogen) atoms. The highest BCUT2D eigenvalue weighted by Crippen LogP contribution is 2.19. The molecule has 0 unspecified atom stereocenters. The Morgan fingerprint density at radius 3 is 2.48 bits per heavy atom. The highest BCUT2D eigenvalue weighted by Gasteiger charge is 2.16. The third-order valence-corrected chi connectivity index (χ3v) is 3.62. The summed E-state index contributed by atoms with van der Waals surface area (Å²) >= 11 is 0. The number of ether oxygens (including phenoxy) is 2. The molecule has 7 nitrogen and oxygen atoms in total. The lowest BCUT2D eigenvalue weighted by Gasteiger charge is -2.11. The number of rotatable bonds is 6. The summed E-state index contributed by atoms with van der Waals surface area (Å²) in [6, 6.07) is 11.4. The first kappa shape index (κ1) is 20.0.